The number of carbonyl (C=O) groups is 1. The molecule has 146 valence electrons. The molecule has 2 unspecified atom stereocenters. The van der Waals surface area contributed by atoms with Crippen LogP contribution in [0.5, 0.6) is 0 Å². The number of hydrogen-bond donors (Lipinski definition) is 2. The fourth-order valence-corrected chi connectivity index (χ4v) is 3.87. The van der Waals surface area contributed by atoms with Crippen LogP contribution in [0.3, 0.4) is 0 Å². The molecule has 2 N–H and O–H groups in total. The van der Waals surface area contributed by atoms with E-state index in [0.29, 0.717) is 12.5 Å². The third kappa shape index (κ3) is 4.98. The van der Waals surface area contributed by atoms with E-state index in [4.69, 9.17) is 5.10 Å². The second-order valence-corrected chi connectivity index (χ2v) is 7.85. The molecule has 5 heteroatoms. The number of amides is 1. The molecule has 1 aliphatic heterocycles. The predicted octanol–water partition coefficient (Wildman–Crippen LogP) is 3.05. The Balaban J connectivity index is 1.59. The van der Waals surface area contributed by atoms with Crippen molar-refractivity contribution in [2.24, 2.45) is 0 Å². The highest BCUT2D eigenvalue weighted by molar-refractivity contribution is 5.76. The summed E-state index contributed by atoms with van der Waals surface area (Å²) in [6.07, 6.45) is 3.44. The highest BCUT2D eigenvalue weighted by atomic mass is 16.1. The Kier molecular flexibility index (Phi) is 6.32. The molecule has 1 saturated heterocycles. The van der Waals surface area contributed by atoms with E-state index in [2.05, 4.69) is 60.4 Å². The minimum Gasteiger partial charge on any atom is -0.352 e. The molecule has 0 saturated carbocycles. The molecule has 1 aromatic carbocycles. The zero-order valence-electron chi connectivity index (χ0n) is 17.0. The fraction of sp³-hybridized carbons (Fsp3) is 0.545. The summed E-state index contributed by atoms with van der Waals surface area (Å²) in [5.41, 5.74) is 5.90. The van der Waals surface area contributed by atoms with E-state index >= 15 is 0 Å². The van der Waals surface area contributed by atoms with Crippen molar-refractivity contribution in [2.75, 3.05) is 6.54 Å². The monoisotopic (exact) mass is 368 g/mol. The summed E-state index contributed by atoms with van der Waals surface area (Å²) in [7, 11) is 0. The van der Waals surface area contributed by atoms with E-state index in [1.807, 2.05) is 6.92 Å². The minimum atomic E-state index is 0.139. The van der Waals surface area contributed by atoms with Crippen molar-refractivity contribution in [3.8, 4) is 0 Å². The van der Waals surface area contributed by atoms with Crippen LogP contribution in [0.25, 0.3) is 0 Å². The summed E-state index contributed by atoms with van der Waals surface area (Å²) in [6, 6.07) is 9.17. The molecule has 0 bridgehead atoms. The van der Waals surface area contributed by atoms with E-state index in [9.17, 15) is 4.79 Å². The van der Waals surface area contributed by atoms with Gasteiger partial charge in [-0.2, -0.15) is 5.10 Å². The zero-order valence-corrected chi connectivity index (χ0v) is 17.0. The summed E-state index contributed by atoms with van der Waals surface area (Å²) in [5, 5.41) is 11.3. The van der Waals surface area contributed by atoms with Gasteiger partial charge in [0.05, 0.1) is 12.2 Å². The van der Waals surface area contributed by atoms with Gasteiger partial charge in [-0.15, -0.1) is 0 Å². The van der Waals surface area contributed by atoms with Crippen LogP contribution >= 0.6 is 0 Å². The van der Waals surface area contributed by atoms with Gasteiger partial charge in [-0.3, -0.25) is 9.48 Å². The van der Waals surface area contributed by atoms with Crippen molar-refractivity contribution in [2.45, 2.75) is 72.0 Å². The highest BCUT2D eigenvalue weighted by Crippen LogP contribution is 2.17. The van der Waals surface area contributed by atoms with Gasteiger partial charge in [0.2, 0.25) is 5.91 Å². The van der Waals surface area contributed by atoms with Crippen LogP contribution < -0.4 is 10.6 Å². The van der Waals surface area contributed by atoms with E-state index in [1.165, 1.54) is 16.7 Å². The maximum atomic E-state index is 12.4. The van der Waals surface area contributed by atoms with Crippen molar-refractivity contribution in [3.05, 3.63) is 52.3 Å². The molecule has 3 rings (SSSR count). The van der Waals surface area contributed by atoms with E-state index in [1.54, 1.807) is 0 Å². The van der Waals surface area contributed by atoms with Crippen LogP contribution in [0.15, 0.2) is 24.3 Å². The molecule has 27 heavy (non-hydrogen) atoms. The van der Waals surface area contributed by atoms with Gasteiger partial charge in [0.1, 0.15) is 0 Å². The number of nitrogens with zero attached hydrogens (tertiary/aromatic N) is 2. The topological polar surface area (TPSA) is 59.0 Å². The predicted molar refractivity (Wildman–Crippen MR) is 109 cm³/mol. The summed E-state index contributed by atoms with van der Waals surface area (Å²) >= 11 is 0. The Bertz CT molecular complexity index is 778. The number of piperidine rings is 1. The lowest BCUT2D eigenvalue weighted by atomic mass is 9.99. The average molecular weight is 369 g/mol. The first-order valence-electron chi connectivity index (χ1n) is 10.0. The Morgan fingerprint density at radius 3 is 2.70 bits per heavy atom. The molecule has 2 aromatic rings. The summed E-state index contributed by atoms with van der Waals surface area (Å²) in [5.74, 6) is 0.139. The lowest BCUT2D eigenvalue weighted by Crippen LogP contribution is -2.51. The largest absolute Gasteiger partial charge is 0.352 e. The molecular formula is C22H32N4O. The van der Waals surface area contributed by atoms with Crippen LogP contribution in [-0.4, -0.2) is 34.3 Å². The van der Waals surface area contributed by atoms with Gasteiger partial charge in [0, 0.05) is 24.2 Å². The van der Waals surface area contributed by atoms with E-state index < -0.39 is 0 Å². The molecule has 2 atom stereocenters. The lowest BCUT2D eigenvalue weighted by molar-refractivity contribution is -0.122. The third-order valence-electron chi connectivity index (χ3n) is 5.69. The van der Waals surface area contributed by atoms with Gasteiger partial charge >= 0.3 is 0 Å². The van der Waals surface area contributed by atoms with Crippen molar-refractivity contribution in [3.63, 3.8) is 0 Å². The molecule has 0 radical (unpaired) electrons. The molecule has 0 aliphatic carbocycles. The zero-order chi connectivity index (χ0) is 19.4. The summed E-state index contributed by atoms with van der Waals surface area (Å²) in [6.45, 7) is 10.2. The van der Waals surface area contributed by atoms with Crippen LogP contribution in [0.2, 0.25) is 0 Å². The molecule has 0 spiro atoms. The Hall–Kier alpha value is -2.14. The van der Waals surface area contributed by atoms with Gasteiger partial charge in [-0.05, 0) is 64.6 Å². The van der Waals surface area contributed by atoms with Gasteiger partial charge in [-0.25, -0.2) is 0 Å². The summed E-state index contributed by atoms with van der Waals surface area (Å²) < 4.78 is 2.06. The number of nitrogens with one attached hydrogen (secondary N) is 2. The Morgan fingerprint density at radius 2 is 2.00 bits per heavy atom. The second kappa shape index (κ2) is 8.70. The normalized spacial score (nSPS) is 19.9. The smallest absolute Gasteiger partial charge is 0.220 e. The number of benzene rings is 1. The van der Waals surface area contributed by atoms with Crippen LogP contribution in [0.4, 0.5) is 0 Å². The van der Waals surface area contributed by atoms with Crippen LogP contribution in [0.1, 0.15) is 54.3 Å². The van der Waals surface area contributed by atoms with Crippen molar-refractivity contribution < 1.29 is 4.79 Å². The van der Waals surface area contributed by atoms with Gasteiger partial charge < -0.3 is 10.6 Å². The fourth-order valence-electron chi connectivity index (χ4n) is 3.87. The molecule has 1 fully saturated rings. The number of carbonyl (C=O) groups excluding carboxylic acids is 1. The Morgan fingerprint density at radius 1 is 1.26 bits per heavy atom. The highest BCUT2D eigenvalue weighted by Gasteiger charge is 2.22. The summed E-state index contributed by atoms with van der Waals surface area (Å²) in [4.78, 5) is 12.4. The number of aromatic nitrogens is 2. The molecule has 1 aromatic heterocycles. The second-order valence-electron chi connectivity index (χ2n) is 7.85. The van der Waals surface area contributed by atoms with Crippen molar-refractivity contribution in [1.29, 1.82) is 0 Å². The van der Waals surface area contributed by atoms with E-state index in [0.717, 1.165) is 43.7 Å². The third-order valence-corrected chi connectivity index (χ3v) is 5.69. The molecular weight excluding hydrogens is 336 g/mol. The lowest BCUT2D eigenvalue weighted by Gasteiger charge is -2.30. The quantitative estimate of drug-likeness (QED) is 0.824. The number of hydrogen-bond acceptors (Lipinski definition) is 3. The Labute approximate surface area is 162 Å². The molecule has 5 nitrogen and oxygen atoms in total. The van der Waals surface area contributed by atoms with Crippen molar-refractivity contribution in [1.82, 2.24) is 20.4 Å². The number of aryl methyl sites for hydroxylation is 2. The standard InChI is InChI=1S/C22H32N4O/c1-15-7-9-19(10-8-15)14-26-18(4)20(16(2)25-26)11-12-22(27)24-21-6-5-13-23-17(21)3/h7-10,17,21,23H,5-6,11-14H2,1-4H3,(H,24,27). The van der Waals surface area contributed by atoms with Gasteiger partial charge in [-0.1, -0.05) is 29.8 Å². The average Bonchev–Trinajstić information content (AvgIpc) is 2.90. The SMILES string of the molecule is Cc1ccc(Cn2nc(C)c(CCC(=O)NC3CCCNC3C)c2C)cc1. The van der Waals surface area contributed by atoms with Crippen LogP contribution in [0, 0.1) is 20.8 Å². The van der Waals surface area contributed by atoms with Gasteiger partial charge in [0.25, 0.3) is 0 Å². The van der Waals surface area contributed by atoms with E-state index in [-0.39, 0.29) is 11.9 Å². The molecule has 1 aliphatic rings. The number of rotatable bonds is 6. The first-order chi connectivity index (χ1) is 12.9. The van der Waals surface area contributed by atoms with Crippen LogP contribution in [-0.2, 0) is 17.8 Å². The first-order valence-corrected chi connectivity index (χ1v) is 10.0. The van der Waals surface area contributed by atoms with Crippen molar-refractivity contribution >= 4 is 5.91 Å². The molecule has 1 amide bonds. The maximum Gasteiger partial charge on any atom is 0.220 e. The minimum absolute atomic E-state index is 0.139. The maximum absolute atomic E-state index is 12.4. The van der Waals surface area contributed by atoms with Gasteiger partial charge in [0.15, 0.2) is 0 Å². The molecule has 2 heterocycles. The first kappa shape index (κ1) is 19.6.